The summed E-state index contributed by atoms with van der Waals surface area (Å²) in [7, 11) is -2.15. The van der Waals surface area contributed by atoms with Crippen molar-refractivity contribution in [1.29, 1.82) is 0 Å². The fraction of sp³-hybridized carbons (Fsp3) is 0.375. The zero-order chi connectivity index (χ0) is 22.4. The van der Waals surface area contributed by atoms with Crippen molar-refractivity contribution in [2.75, 3.05) is 0 Å². The fourth-order valence-corrected chi connectivity index (χ4v) is 4.16. The molecule has 30 heavy (non-hydrogen) atoms. The van der Waals surface area contributed by atoms with Crippen LogP contribution < -0.4 is 5.32 Å². The molecule has 2 aromatic rings. The summed E-state index contributed by atoms with van der Waals surface area (Å²) >= 11 is 6.24. The van der Waals surface area contributed by atoms with Crippen molar-refractivity contribution in [2.45, 2.75) is 57.7 Å². The van der Waals surface area contributed by atoms with Gasteiger partial charge in [-0.05, 0) is 41.4 Å². The highest BCUT2D eigenvalue weighted by atomic mass is 35.5. The fourth-order valence-electron chi connectivity index (χ4n) is 2.69. The SMILES string of the molecule is C=C[C@H](NC(=O)OCc1ccccc1)[C@@H](O[Si](C)(C)C(C)(C)C)c1cccc(Cl)c1. The third-order valence-corrected chi connectivity index (χ3v) is 10.2. The number of ether oxygens (including phenoxy) is 1. The van der Waals surface area contributed by atoms with E-state index in [0.29, 0.717) is 5.02 Å². The Kier molecular flexibility index (Phi) is 8.30. The van der Waals surface area contributed by atoms with E-state index >= 15 is 0 Å². The Morgan fingerprint density at radius 2 is 1.83 bits per heavy atom. The zero-order valence-corrected chi connectivity index (χ0v) is 20.2. The van der Waals surface area contributed by atoms with Crippen LogP contribution in [0.15, 0.2) is 67.3 Å². The van der Waals surface area contributed by atoms with Crippen LogP contribution in [0, 0.1) is 0 Å². The molecule has 0 aliphatic carbocycles. The van der Waals surface area contributed by atoms with Crippen LogP contribution in [-0.4, -0.2) is 20.5 Å². The number of benzene rings is 2. The first-order valence-corrected chi connectivity index (χ1v) is 13.3. The molecule has 0 aliphatic rings. The Balaban J connectivity index is 2.21. The van der Waals surface area contributed by atoms with Crippen LogP contribution in [0.1, 0.15) is 38.0 Å². The highest BCUT2D eigenvalue weighted by Gasteiger charge is 2.41. The number of hydrogen-bond acceptors (Lipinski definition) is 3. The minimum Gasteiger partial charge on any atom is -0.445 e. The van der Waals surface area contributed by atoms with E-state index in [-0.39, 0.29) is 11.6 Å². The molecule has 0 spiro atoms. The van der Waals surface area contributed by atoms with Crippen molar-refractivity contribution in [3.8, 4) is 0 Å². The van der Waals surface area contributed by atoms with Crippen molar-refractivity contribution in [2.24, 2.45) is 0 Å². The summed E-state index contributed by atoms with van der Waals surface area (Å²) in [6.45, 7) is 15.0. The number of amides is 1. The molecular weight excluding hydrogens is 414 g/mol. The molecule has 0 saturated carbocycles. The van der Waals surface area contributed by atoms with E-state index in [0.717, 1.165) is 11.1 Å². The van der Waals surface area contributed by atoms with Gasteiger partial charge >= 0.3 is 6.09 Å². The Labute approximate surface area is 186 Å². The van der Waals surface area contributed by atoms with Gasteiger partial charge in [0, 0.05) is 5.02 Å². The van der Waals surface area contributed by atoms with Gasteiger partial charge in [-0.1, -0.05) is 80.9 Å². The normalized spacial score (nSPS) is 13.9. The highest BCUT2D eigenvalue weighted by molar-refractivity contribution is 6.74. The first kappa shape index (κ1) is 24.2. The van der Waals surface area contributed by atoms with Gasteiger partial charge in [0.2, 0.25) is 0 Å². The van der Waals surface area contributed by atoms with Crippen LogP contribution >= 0.6 is 11.6 Å². The van der Waals surface area contributed by atoms with Crippen molar-refractivity contribution < 1.29 is 14.0 Å². The summed E-state index contributed by atoms with van der Waals surface area (Å²) in [4.78, 5) is 12.5. The van der Waals surface area contributed by atoms with E-state index in [2.05, 4.69) is 45.8 Å². The maximum absolute atomic E-state index is 12.5. The predicted molar refractivity (Wildman–Crippen MR) is 126 cm³/mol. The molecule has 0 bridgehead atoms. The first-order valence-electron chi connectivity index (χ1n) is 10.1. The topological polar surface area (TPSA) is 47.6 Å². The second kappa shape index (κ2) is 10.3. The molecule has 0 aliphatic heterocycles. The van der Waals surface area contributed by atoms with E-state index < -0.39 is 26.6 Å². The number of carbonyl (C=O) groups excluding carboxylic acids is 1. The van der Waals surface area contributed by atoms with Gasteiger partial charge in [0.25, 0.3) is 0 Å². The summed E-state index contributed by atoms with van der Waals surface area (Å²) in [5.74, 6) is 0. The van der Waals surface area contributed by atoms with E-state index in [1.807, 2.05) is 54.6 Å². The van der Waals surface area contributed by atoms with Gasteiger partial charge in [-0.15, -0.1) is 6.58 Å². The summed E-state index contributed by atoms with van der Waals surface area (Å²) in [5.41, 5.74) is 1.81. The molecule has 2 atom stereocenters. The monoisotopic (exact) mass is 445 g/mol. The second-order valence-electron chi connectivity index (χ2n) is 8.82. The number of nitrogens with one attached hydrogen (secondary N) is 1. The summed E-state index contributed by atoms with van der Waals surface area (Å²) in [5, 5.41) is 3.52. The maximum atomic E-state index is 12.5. The molecule has 0 radical (unpaired) electrons. The molecule has 6 heteroatoms. The number of halogens is 1. The van der Waals surface area contributed by atoms with E-state index in [4.69, 9.17) is 20.8 Å². The molecule has 4 nitrogen and oxygen atoms in total. The number of rotatable bonds is 8. The molecule has 0 aromatic heterocycles. The molecule has 2 rings (SSSR count). The van der Waals surface area contributed by atoms with Crippen LogP contribution in [0.3, 0.4) is 0 Å². The Bertz CT molecular complexity index is 849. The van der Waals surface area contributed by atoms with Crippen molar-refractivity contribution >= 4 is 26.0 Å². The Hall–Kier alpha value is -2.08. The first-order chi connectivity index (χ1) is 14.0. The third kappa shape index (κ3) is 6.72. The standard InChI is InChI=1S/C24H32ClNO3Si/c1-7-21(26-23(27)28-17-18-12-9-8-10-13-18)22(19-14-11-15-20(25)16-19)29-30(5,6)24(2,3)4/h7-16,21-22H,1,17H2,2-6H3,(H,26,27)/t21-,22-/m0/s1. The zero-order valence-electron chi connectivity index (χ0n) is 18.4. The highest BCUT2D eigenvalue weighted by Crippen LogP contribution is 2.41. The molecular formula is C24H32ClNO3Si. The smallest absolute Gasteiger partial charge is 0.408 e. The van der Waals surface area contributed by atoms with Crippen molar-refractivity contribution in [3.05, 3.63) is 83.4 Å². The minimum atomic E-state index is -2.15. The number of carbonyl (C=O) groups is 1. The van der Waals surface area contributed by atoms with Crippen molar-refractivity contribution in [3.63, 3.8) is 0 Å². The lowest BCUT2D eigenvalue weighted by molar-refractivity contribution is 0.116. The van der Waals surface area contributed by atoms with Gasteiger partial charge in [0.05, 0.1) is 12.1 Å². The van der Waals surface area contributed by atoms with E-state index in [1.165, 1.54) is 0 Å². The van der Waals surface area contributed by atoms with Gasteiger partial charge < -0.3 is 14.5 Å². The van der Waals surface area contributed by atoms with Gasteiger partial charge in [-0.2, -0.15) is 0 Å². The molecule has 0 unspecified atom stereocenters. The molecule has 2 aromatic carbocycles. The van der Waals surface area contributed by atoms with Gasteiger partial charge in [0.1, 0.15) is 6.61 Å². The van der Waals surface area contributed by atoms with Crippen LogP contribution in [-0.2, 0) is 15.8 Å². The average Bonchev–Trinajstić information content (AvgIpc) is 2.69. The molecule has 1 amide bonds. The van der Waals surface area contributed by atoms with E-state index in [1.54, 1.807) is 6.08 Å². The second-order valence-corrected chi connectivity index (χ2v) is 14.0. The predicted octanol–water partition coefficient (Wildman–Crippen LogP) is 6.88. The quantitative estimate of drug-likeness (QED) is 0.355. The molecule has 162 valence electrons. The molecule has 0 fully saturated rings. The van der Waals surface area contributed by atoms with E-state index in [9.17, 15) is 4.79 Å². The Morgan fingerprint density at radius 3 is 2.40 bits per heavy atom. The summed E-state index contributed by atoms with van der Waals surface area (Å²) < 4.78 is 12.1. The third-order valence-electron chi connectivity index (χ3n) is 5.48. The molecule has 0 heterocycles. The Morgan fingerprint density at radius 1 is 1.17 bits per heavy atom. The lowest BCUT2D eigenvalue weighted by Crippen LogP contribution is -2.47. The maximum Gasteiger partial charge on any atom is 0.408 e. The minimum absolute atomic E-state index is 0.00334. The lowest BCUT2D eigenvalue weighted by Gasteiger charge is -2.41. The number of alkyl carbamates (subject to hydrolysis) is 1. The van der Waals surface area contributed by atoms with Gasteiger partial charge in [-0.3, -0.25) is 0 Å². The lowest BCUT2D eigenvalue weighted by atomic mass is 10.0. The number of hydrogen-bond donors (Lipinski definition) is 1. The van der Waals surface area contributed by atoms with Crippen LogP contribution in [0.2, 0.25) is 23.2 Å². The van der Waals surface area contributed by atoms with Gasteiger partial charge in [-0.25, -0.2) is 4.79 Å². The molecule has 0 saturated heterocycles. The molecule has 1 N–H and O–H groups in total. The van der Waals surface area contributed by atoms with Crippen LogP contribution in [0.25, 0.3) is 0 Å². The summed E-state index contributed by atoms with van der Waals surface area (Å²) in [6, 6.07) is 16.6. The van der Waals surface area contributed by atoms with Gasteiger partial charge in [0.15, 0.2) is 8.32 Å². The van der Waals surface area contributed by atoms with Crippen LogP contribution in [0.5, 0.6) is 0 Å². The summed E-state index contributed by atoms with van der Waals surface area (Å²) in [6.07, 6.45) is 0.739. The van der Waals surface area contributed by atoms with Crippen molar-refractivity contribution in [1.82, 2.24) is 5.32 Å². The largest absolute Gasteiger partial charge is 0.445 e. The average molecular weight is 446 g/mol. The van der Waals surface area contributed by atoms with Crippen LogP contribution in [0.4, 0.5) is 4.79 Å².